The van der Waals surface area contributed by atoms with E-state index in [9.17, 15) is 9.59 Å². The standard InChI is InChI=1S/C16H21NO4/c1-16(2,3)21-15(20)17-13-7-6-10-4-5-11(14(18)19)8-12(10)9-13/h4-5,8,13H,6-7,9H2,1-3H3,(H,17,20)(H,18,19). The second-order valence-corrected chi connectivity index (χ2v) is 6.37. The fourth-order valence-corrected chi connectivity index (χ4v) is 2.49. The number of hydrogen-bond acceptors (Lipinski definition) is 3. The van der Waals surface area contributed by atoms with Gasteiger partial charge in [0, 0.05) is 6.04 Å². The molecule has 1 unspecified atom stereocenters. The van der Waals surface area contributed by atoms with Crippen LogP contribution in [0, 0.1) is 0 Å². The van der Waals surface area contributed by atoms with E-state index in [0.717, 1.165) is 24.0 Å². The second kappa shape index (κ2) is 5.76. The molecule has 0 aromatic heterocycles. The van der Waals surface area contributed by atoms with Crippen LogP contribution in [0.1, 0.15) is 48.7 Å². The first kappa shape index (κ1) is 15.4. The normalized spacial score (nSPS) is 17.8. The summed E-state index contributed by atoms with van der Waals surface area (Å²) in [7, 11) is 0. The van der Waals surface area contributed by atoms with Crippen molar-refractivity contribution in [2.45, 2.75) is 51.7 Å². The van der Waals surface area contributed by atoms with Crippen molar-refractivity contribution in [2.24, 2.45) is 0 Å². The minimum Gasteiger partial charge on any atom is -0.478 e. The Morgan fingerprint density at radius 2 is 2.00 bits per heavy atom. The van der Waals surface area contributed by atoms with E-state index >= 15 is 0 Å². The molecule has 114 valence electrons. The third kappa shape index (κ3) is 4.21. The summed E-state index contributed by atoms with van der Waals surface area (Å²) in [5.41, 5.74) is 1.91. The molecule has 0 spiro atoms. The number of alkyl carbamates (subject to hydrolysis) is 1. The molecule has 0 aliphatic heterocycles. The molecule has 0 radical (unpaired) electrons. The highest BCUT2D eigenvalue weighted by Gasteiger charge is 2.23. The average Bonchev–Trinajstić information content (AvgIpc) is 2.35. The number of amides is 1. The molecule has 0 heterocycles. The third-order valence-electron chi connectivity index (χ3n) is 3.40. The summed E-state index contributed by atoms with van der Waals surface area (Å²) in [5.74, 6) is -0.931. The van der Waals surface area contributed by atoms with Gasteiger partial charge in [0.2, 0.25) is 0 Å². The highest BCUT2D eigenvalue weighted by molar-refractivity contribution is 5.88. The summed E-state index contributed by atoms with van der Waals surface area (Å²) in [6, 6.07) is 5.17. The molecule has 0 saturated carbocycles. The molecule has 2 rings (SSSR count). The number of aromatic carboxylic acids is 1. The van der Waals surface area contributed by atoms with Crippen LogP contribution in [0.4, 0.5) is 4.79 Å². The van der Waals surface area contributed by atoms with E-state index in [1.54, 1.807) is 12.1 Å². The SMILES string of the molecule is CC(C)(C)OC(=O)NC1CCc2ccc(C(=O)O)cc2C1. The van der Waals surface area contributed by atoms with Crippen molar-refractivity contribution in [1.29, 1.82) is 0 Å². The van der Waals surface area contributed by atoms with E-state index in [0.29, 0.717) is 6.42 Å². The molecule has 1 aliphatic carbocycles. The van der Waals surface area contributed by atoms with Crippen molar-refractivity contribution in [3.8, 4) is 0 Å². The zero-order valence-electron chi connectivity index (χ0n) is 12.6. The van der Waals surface area contributed by atoms with E-state index in [4.69, 9.17) is 9.84 Å². The van der Waals surface area contributed by atoms with Crippen molar-refractivity contribution >= 4 is 12.1 Å². The molecule has 5 nitrogen and oxygen atoms in total. The fourth-order valence-electron chi connectivity index (χ4n) is 2.49. The maximum Gasteiger partial charge on any atom is 0.407 e. The molecule has 1 aromatic carbocycles. The lowest BCUT2D eigenvalue weighted by Crippen LogP contribution is -2.41. The average molecular weight is 291 g/mol. The van der Waals surface area contributed by atoms with E-state index in [1.165, 1.54) is 0 Å². The number of ether oxygens (including phenoxy) is 1. The highest BCUT2D eigenvalue weighted by Crippen LogP contribution is 2.23. The molecule has 1 amide bonds. The number of benzene rings is 1. The van der Waals surface area contributed by atoms with Gasteiger partial charge in [-0.15, -0.1) is 0 Å². The second-order valence-electron chi connectivity index (χ2n) is 6.37. The van der Waals surface area contributed by atoms with Crippen LogP contribution in [-0.4, -0.2) is 28.8 Å². The van der Waals surface area contributed by atoms with Gasteiger partial charge in [-0.05, 0) is 63.3 Å². The first-order valence-corrected chi connectivity index (χ1v) is 7.09. The quantitative estimate of drug-likeness (QED) is 0.878. The first-order valence-electron chi connectivity index (χ1n) is 7.09. The summed E-state index contributed by atoms with van der Waals surface area (Å²) in [6.07, 6.45) is 1.87. The number of carboxylic acid groups (broad SMARTS) is 1. The molecule has 0 saturated heterocycles. The Morgan fingerprint density at radius 3 is 2.62 bits per heavy atom. The highest BCUT2D eigenvalue weighted by atomic mass is 16.6. The van der Waals surface area contributed by atoms with Crippen molar-refractivity contribution in [1.82, 2.24) is 5.32 Å². The van der Waals surface area contributed by atoms with Gasteiger partial charge in [-0.1, -0.05) is 6.07 Å². The number of rotatable bonds is 2. The lowest BCUT2D eigenvalue weighted by Gasteiger charge is -2.27. The smallest absolute Gasteiger partial charge is 0.407 e. The van der Waals surface area contributed by atoms with Crippen molar-refractivity contribution in [2.75, 3.05) is 0 Å². The molecule has 1 atom stereocenters. The van der Waals surface area contributed by atoms with Crippen LogP contribution in [0.15, 0.2) is 18.2 Å². The number of carboxylic acids is 1. The first-order chi connectivity index (χ1) is 9.74. The molecular weight excluding hydrogens is 270 g/mol. The molecule has 1 aliphatic rings. The van der Waals surface area contributed by atoms with Gasteiger partial charge in [0.05, 0.1) is 5.56 Å². The minimum absolute atomic E-state index is 0.0172. The predicted octanol–water partition coefficient (Wildman–Crippen LogP) is 2.77. The Kier molecular flexibility index (Phi) is 4.21. The minimum atomic E-state index is -0.931. The zero-order chi connectivity index (χ0) is 15.6. The molecule has 0 fully saturated rings. The molecule has 1 aromatic rings. The Bertz CT molecular complexity index is 560. The van der Waals surface area contributed by atoms with Gasteiger partial charge in [-0.2, -0.15) is 0 Å². The van der Waals surface area contributed by atoms with Gasteiger partial charge in [0.15, 0.2) is 0 Å². The molecule has 0 bridgehead atoms. The van der Waals surface area contributed by atoms with Crippen molar-refractivity contribution < 1.29 is 19.4 Å². The largest absolute Gasteiger partial charge is 0.478 e. The van der Waals surface area contributed by atoms with Gasteiger partial charge < -0.3 is 15.2 Å². The Morgan fingerprint density at radius 1 is 1.29 bits per heavy atom. The zero-order valence-corrected chi connectivity index (χ0v) is 12.6. The topological polar surface area (TPSA) is 75.6 Å². The summed E-state index contributed by atoms with van der Waals surface area (Å²) in [5, 5.41) is 11.9. The number of hydrogen-bond donors (Lipinski definition) is 2. The molecule has 5 heteroatoms. The van der Waals surface area contributed by atoms with E-state index in [2.05, 4.69) is 5.32 Å². The van der Waals surface area contributed by atoms with Gasteiger partial charge in [0.1, 0.15) is 5.60 Å². The number of carbonyl (C=O) groups is 2. The van der Waals surface area contributed by atoms with E-state index < -0.39 is 17.7 Å². The Balaban J connectivity index is 2.03. The maximum atomic E-state index is 11.8. The number of fused-ring (bicyclic) bond motifs is 1. The van der Waals surface area contributed by atoms with Crippen molar-refractivity contribution in [3.63, 3.8) is 0 Å². The number of nitrogens with one attached hydrogen (secondary N) is 1. The predicted molar refractivity (Wildman–Crippen MR) is 78.6 cm³/mol. The van der Waals surface area contributed by atoms with Crippen LogP contribution in [-0.2, 0) is 17.6 Å². The van der Waals surface area contributed by atoms with Crippen LogP contribution in [0.2, 0.25) is 0 Å². The van der Waals surface area contributed by atoms with Gasteiger partial charge in [-0.3, -0.25) is 0 Å². The van der Waals surface area contributed by atoms with Crippen LogP contribution in [0.3, 0.4) is 0 Å². The van der Waals surface area contributed by atoms with Gasteiger partial charge >= 0.3 is 12.1 Å². The summed E-state index contributed by atoms with van der Waals surface area (Å²) in [4.78, 5) is 22.8. The van der Waals surface area contributed by atoms with Crippen LogP contribution >= 0.6 is 0 Å². The lowest BCUT2D eigenvalue weighted by atomic mass is 9.87. The lowest BCUT2D eigenvalue weighted by molar-refractivity contribution is 0.0499. The monoisotopic (exact) mass is 291 g/mol. The summed E-state index contributed by atoms with van der Waals surface area (Å²) < 4.78 is 5.25. The van der Waals surface area contributed by atoms with E-state index in [-0.39, 0.29) is 11.6 Å². The third-order valence-corrected chi connectivity index (χ3v) is 3.40. The number of aryl methyl sites for hydroxylation is 1. The van der Waals surface area contributed by atoms with E-state index in [1.807, 2.05) is 26.8 Å². The molecule has 21 heavy (non-hydrogen) atoms. The molecular formula is C16H21NO4. The number of carbonyl (C=O) groups excluding carboxylic acids is 1. The Hall–Kier alpha value is -2.04. The Labute approximate surface area is 124 Å². The summed E-state index contributed by atoms with van der Waals surface area (Å²) in [6.45, 7) is 5.46. The van der Waals surface area contributed by atoms with Crippen LogP contribution in [0.25, 0.3) is 0 Å². The van der Waals surface area contributed by atoms with Gasteiger partial charge in [-0.25, -0.2) is 9.59 Å². The molecule has 2 N–H and O–H groups in total. The van der Waals surface area contributed by atoms with Gasteiger partial charge in [0.25, 0.3) is 0 Å². The van der Waals surface area contributed by atoms with Crippen LogP contribution < -0.4 is 5.32 Å². The van der Waals surface area contributed by atoms with Crippen molar-refractivity contribution in [3.05, 3.63) is 34.9 Å². The maximum absolute atomic E-state index is 11.8. The summed E-state index contributed by atoms with van der Waals surface area (Å²) >= 11 is 0. The van der Waals surface area contributed by atoms with Crippen LogP contribution in [0.5, 0.6) is 0 Å². The fraction of sp³-hybridized carbons (Fsp3) is 0.500.